The van der Waals surface area contributed by atoms with Crippen molar-refractivity contribution < 1.29 is 36.3 Å². The summed E-state index contributed by atoms with van der Waals surface area (Å²) in [5.41, 5.74) is -0.156. The first-order valence-electron chi connectivity index (χ1n) is 7.42. The molecule has 0 fully saturated rings. The van der Waals surface area contributed by atoms with Crippen LogP contribution in [0.2, 0.25) is 0 Å². The summed E-state index contributed by atoms with van der Waals surface area (Å²) in [5.74, 6) is -14.7. The van der Waals surface area contributed by atoms with Crippen LogP contribution in [0.15, 0.2) is 30.3 Å². The normalized spacial score (nSPS) is 13.1. The van der Waals surface area contributed by atoms with Crippen LogP contribution >= 0.6 is 0 Å². The van der Waals surface area contributed by atoms with Gasteiger partial charge in [0, 0.05) is 10.9 Å². The Hall–Kier alpha value is -3.49. The lowest BCUT2D eigenvalue weighted by atomic mass is 9.94. The minimum absolute atomic E-state index is 0.102. The molecule has 1 aliphatic rings. The fourth-order valence-electron chi connectivity index (χ4n) is 2.88. The van der Waals surface area contributed by atoms with E-state index in [2.05, 4.69) is 0 Å². The van der Waals surface area contributed by atoms with E-state index in [1.807, 2.05) is 5.32 Å². The van der Waals surface area contributed by atoms with Crippen LogP contribution in [-0.4, -0.2) is 11.8 Å². The minimum Gasteiger partial charge on any atom is -0.450 e. The molecular weight excluding hydrogens is 373 g/mol. The van der Waals surface area contributed by atoms with Crippen molar-refractivity contribution in [3.05, 3.63) is 70.5 Å². The number of hydrogen-bond donors (Lipinski definition) is 1. The van der Waals surface area contributed by atoms with Gasteiger partial charge in [0.15, 0.2) is 0 Å². The largest absolute Gasteiger partial charge is 0.450 e. The Morgan fingerprint density at radius 2 is 1.37 bits per heavy atom. The molecule has 27 heavy (non-hydrogen) atoms. The van der Waals surface area contributed by atoms with E-state index in [0.717, 1.165) is 6.07 Å². The highest BCUT2D eigenvalue weighted by atomic mass is 19.2. The number of carbonyl (C=O) groups is 2. The maximum Gasteiger partial charge on any atom is 0.262 e. The third kappa shape index (κ3) is 2.35. The van der Waals surface area contributed by atoms with Crippen molar-refractivity contribution in [1.82, 2.24) is 5.32 Å². The first kappa shape index (κ1) is 17.0. The van der Waals surface area contributed by atoms with E-state index in [1.165, 1.54) is 12.1 Å². The maximum atomic E-state index is 13.9. The molecule has 1 aliphatic heterocycles. The Morgan fingerprint density at radius 3 is 2.04 bits per heavy atom. The van der Waals surface area contributed by atoms with Gasteiger partial charge in [0.25, 0.3) is 11.8 Å². The summed E-state index contributed by atoms with van der Waals surface area (Å²) in [7, 11) is 0. The molecule has 0 spiro atoms. The number of carbonyl (C=O) groups excluding carboxylic acids is 2. The minimum atomic E-state index is -2.33. The number of benzene rings is 3. The molecule has 136 valence electrons. The molecule has 2 amide bonds. The van der Waals surface area contributed by atoms with Crippen molar-refractivity contribution in [2.24, 2.45) is 0 Å². The van der Waals surface area contributed by atoms with Crippen molar-refractivity contribution in [1.29, 1.82) is 0 Å². The third-order valence-corrected chi connectivity index (χ3v) is 4.09. The fourth-order valence-corrected chi connectivity index (χ4v) is 2.88. The second-order valence-corrected chi connectivity index (χ2v) is 5.63. The van der Waals surface area contributed by atoms with Gasteiger partial charge in [-0.25, -0.2) is 13.2 Å². The molecule has 0 saturated heterocycles. The molecular formula is C18H6F5NO3. The number of hydrogen-bond acceptors (Lipinski definition) is 3. The van der Waals surface area contributed by atoms with Crippen molar-refractivity contribution >= 4 is 22.6 Å². The second kappa shape index (κ2) is 5.76. The number of nitrogens with one attached hydrogen (secondary N) is 1. The van der Waals surface area contributed by atoms with Gasteiger partial charge in [-0.15, -0.1) is 0 Å². The van der Waals surface area contributed by atoms with Crippen LogP contribution in [0.5, 0.6) is 11.5 Å². The Kier molecular flexibility index (Phi) is 3.62. The Morgan fingerprint density at radius 1 is 0.741 bits per heavy atom. The number of ether oxygens (including phenoxy) is 1. The monoisotopic (exact) mass is 379 g/mol. The van der Waals surface area contributed by atoms with Gasteiger partial charge in [-0.1, -0.05) is 18.2 Å². The van der Waals surface area contributed by atoms with Gasteiger partial charge in [-0.2, -0.15) is 8.78 Å². The number of rotatable bonds is 2. The third-order valence-electron chi connectivity index (χ3n) is 4.09. The van der Waals surface area contributed by atoms with Crippen LogP contribution in [0.4, 0.5) is 22.0 Å². The van der Waals surface area contributed by atoms with Crippen LogP contribution in [0.3, 0.4) is 0 Å². The van der Waals surface area contributed by atoms with Gasteiger partial charge in [-0.3, -0.25) is 14.9 Å². The summed E-state index contributed by atoms with van der Waals surface area (Å²) in [6.45, 7) is 0. The Bertz CT molecular complexity index is 1150. The molecule has 0 saturated carbocycles. The van der Waals surface area contributed by atoms with Gasteiger partial charge in [0.05, 0.1) is 5.56 Å². The highest BCUT2D eigenvalue weighted by Crippen LogP contribution is 2.38. The zero-order valence-corrected chi connectivity index (χ0v) is 13.0. The average Bonchev–Trinajstić information content (AvgIpc) is 2.66. The van der Waals surface area contributed by atoms with Crippen LogP contribution in [-0.2, 0) is 0 Å². The van der Waals surface area contributed by atoms with E-state index in [4.69, 9.17) is 4.74 Å². The molecule has 3 aromatic carbocycles. The lowest BCUT2D eigenvalue weighted by molar-refractivity contribution is 0.0843. The van der Waals surface area contributed by atoms with Crippen molar-refractivity contribution in [3.8, 4) is 11.5 Å². The Balaban J connectivity index is 1.97. The van der Waals surface area contributed by atoms with Crippen LogP contribution in [0, 0.1) is 29.1 Å². The van der Waals surface area contributed by atoms with Gasteiger partial charge >= 0.3 is 0 Å². The number of imide groups is 1. The van der Waals surface area contributed by atoms with E-state index < -0.39 is 52.4 Å². The quantitative estimate of drug-likeness (QED) is 0.314. The molecule has 3 aromatic rings. The van der Waals surface area contributed by atoms with Gasteiger partial charge in [-0.05, 0) is 17.5 Å². The van der Waals surface area contributed by atoms with Crippen molar-refractivity contribution in [2.75, 3.05) is 0 Å². The molecule has 0 unspecified atom stereocenters. The molecule has 9 heteroatoms. The highest BCUT2D eigenvalue weighted by Gasteiger charge is 2.31. The number of amides is 2. The smallest absolute Gasteiger partial charge is 0.262 e. The van der Waals surface area contributed by atoms with E-state index in [0.29, 0.717) is 5.39 Å². The first-order chi connectivity index (χ1) is 12.8. The summed E-state index contributed by atoms with van der Waals surface area (Å²) in [6, 6.07) is 7.07. The summed E-state index contributed by atoms with van der Waals surface area (Å²) < 4.78 is 72.6. The zero-order valence-electron chi connectivity index (χ0n) is 13.0. The lowest BCUT2D eigenvalue weighted by Gasteiger charge is -2.20. The molecule has 0 bridgehead atoms. The van der Waals surface area contributed by atoms with Crippen LogP contribution < -0.4 is 10.1 Å². The summed E-state index contributed by atoms with van der Waals surface area (Å²) in [5, 5.41) is 2.63. The van der Waals surface area contributed by atoms with E-state index >= 15 is 0 Å². The SMILES string of the molecule is O=C1NC(=O)c2c(Oc3c(F)c(F)c(F)c(F)c3F)ccc3cccc1c23. The van der Waals surface area contributed by atoms with Gasteiger partial charge in [0.1, 0.15) is 5.75 Å². The molecule has 4 rings (SSSR count). The predicted octanol–water partition coefficient (Wildman–Crippen LogP) is 4.21. The van der Waals surface area contributed by atoms with Crippen LogP contribution in [0.25, 0.3) is 10.8 Å². The standard InChI is InChI=1S/C18H6F5NO3/c19-11-12(20)14(22)16(15(23)13(11)21)27-8-5-4-6-2-1-3-7-9(6)10(8)18(26)24-17(7)25/h1-5H,(H,24,25,26). The summed E-state index contributed by atoms with van der Waals surface area (Å²) in [6.07, 6.45) is 0. The maximum absolute atomic E-state index is 13.9. The van der Waals surface area contributed by atoms with Crippen molar-refractivity contribution in [2.45, 2.75) is 0 Å². The van der Waals surface area contributed by atoms with Crippen LogP contribution in [0.1, 0.15) is 20.7 Å². The highest BCUT2D eigenvalue weighted by molar-refractivity contribution is 6.26. The number of halogens is 5. The van der Waals surface area contributed by atoms with Gasteiger partial charge in [0.2, 0.25) is 34.8 Å². The summed E-state index contributed by atoms with van der Waals surface area (Å²) in [4.78, 5) is 24.2. The van der Waals surface area contributed by atoms with E-state index in [9.17, 15) is 31.5 Å². The molecule has 0 radical (unpaired) electrons. The molecule has 0 aliphatic carbocycles. The zero-order chi connectivity index (χ0) is 19.5. The first-order valence-corrected chi connectivity index (χ1v) is 7.42. The lowest BCUT2D eigenvalue weighted by Crippen LogP contribution is -2.35. The van der Waals surface area contributed by atoms with E-state index in [-0.39, 0.29) is 16.5 Å². The molecule has 0 atom stereocenters. The topological polar surface area (TPSA) is 55.4 Å². The van der Waals surface area contributed by atoms with E-state index in [1.54, 1.807) is 12.1 Å². The Labute approximate surface area is 147 Å². The second-order valence-electron chi connectivity index (χ2n) is 5.63. The van der Waals surface area contributed by atoms with Gasteiger partial charge < -0.3 is 4.74 Å². The molecule has 1 heterocycles. The van der Waals surface area contributed by atoms with Crippen molar-refractivity contribution in [3.63, 3.8) is 0 Å². The average molecular weight is 379 g/mol. The molecule has 4 nitrogen and oxygen atoms in total. The predicted molar refractivity (Wildman–Crippen MR) is 82.1 cm³/mol. The molecule has 0 aromatic heterocycles. The summed E-state index contributed by atoms with van der Waals surface area (Å²) >= 11 is 0. The molecule has 1 N–H and O–H groups in total. The fraction of sp³-hybridized carbons (Fsp3) is 0.